The molecule has 2 amide bonds. The zero-order valence-corrected chi connectivity index (χ0v) is 14.2. The molecular weight excluding hydrogens is 314 g/mol. The Morgan fingerprint density at radius 3 is 2.65 bits per heavy atom. The highest BCUT2D eigenvalue weighted by Gasteiger charge is 2.13. The number of rotatable bonds is 7. The summed E-state index contributed by atoms with van der Waals surface area (Å²) in [7, 11) is 0. The summed E-state index contributed by atoms with van der Waals surface area (Å²) in [6, 6.07) is 9.11. The molecule has 2 rings (SSSR count). The minimum absolute atomic E-state index is 0. The molecule has 3 N–H and O–H groups in total. The number of benzene rings is 1. The first-order valence-corrected chi connectivity index (χ1v) is 8.06. The molecule has 6 heteroatoms. The maximum atomic E-state index is 11.8. The first-order chi connectivity index (χ1) is 10.8. The molecule has 1 atom stereocenters. The number of hydrogen-bond donors (Lipinski definition) is 3. The first-order valence-electron chi connectivity index (χ1n) is 8.06. The van der Waals surface area contributed by atoms with Crippen molar-refractivity contribution in [2.75, 3.05) is 26.2 Å². The molecule has 1 aliphatic heterocycles. The van der Waals surface area contributed by atoms with E-state index in [1.807, 2.05) is 18.2 Å². The van der Waals surface area contributed by atoms with Gasteiger partial charge in [0.1, 0.15) is 0 Å². The molecule has 1 aliphatic rings. The van der Waals surface area contributed by atoms with E-state index in [1.54, 1.807) is 12.1 Å². The van der Waals surface area contributed by atoms with Crippen molar-refractivity contribution in [2.45, 2.75) is 25.7 Å². The Morgan fingerprint density at radius 1 is 1.17 bits per heavy atom. The number of carbonyl (C=O) groups is 2. The van der Waals surface area contributed by atoms with Crippen LogP contribution in [0, 0.1) is 5.92 Å². The fourth-order valence-electron chi connectivity index (χ4n) is 2.59. The van der Waals surface area contributed by atoms with E-state index in [4.69, 9.17) is 0 Å². The number of halogens is 1. The third-order valence-corrected chi connectivity index (χ3v) is 3.89. The molecule has 0 radical (unpaired) electrons. The van der Waals surface area contributed by atoms with Gasteiger partial charge in [-0.2, -0.15) is 0 Å². The number of nitrogens with one attached hydrogen (secondary N) is 3. The van der Waals surface area contributed by atoms with E-state index in [0.29, 0.717) is 30.9 Å². The summed E-state index contributed by atoms with van der Waals surface area (Å²) in [5, 5.41) is 9.15. The van der Waals surface area contributed by atoms with Crippen LogP contribution in [0.15, 0.2) is 30.3 Å². The summed E-state index contributed by atoms with van der Waals surface area (Å²) in [4.78, 5) is 23.6. The van der Waals surface area contributed by atoms with Gasteiger partial charge < -0.3 is 16.0 Å². The minimum Gasteiger partial charge on any atom is -0.356 e. The molecule has 0 aliphatic carbocycles. The SMILES string of the molecule is Cl.O=C(CCCNC(=O)c1ccccc1)NCC1CCCNC1. The second-order valence-corrected chi connectivity index (χ2v) is 5.74. The van der Waals surface area contributed by atoms with Gasteiger partial charge in [-0.15, -0.1) is 12.4 Å². The van der Waals surface area contributed by atoms with Crippen LogP contribution in [0.3, 0.4) is 0 Å². The lowest BCUT2D eigenvalue weighted by molar-refractivity contribution is -0.121. The molecule has 128 valence electrons. The van der Waals surface area contributed by atoms with Crippen LogP contribution in [0.1, 0.15) is 36.0 Å². The second kappa shape index (κ2) is 11.0. The molecule has 0 saturated carbocycles. The predicted molar refractivity (Wildman–Crippen MR) is 93.9 cm³/mol. The highest BCUT2D eigenvalue weighted by molar-refractivity contribution is 5.94. The highest BCUT2D eigenvalue weighted by Crippen LogP contribution is 2.08. The van der Waals surface area contributed by atoms with Gasteiger partial charge in [0.05, 0.1) is 0 Å². The van der Waals surface area contributed by atoms with Crippen molar-refractivity contribution in [3.05, 3.63) is 35.9 Å². The van der Waals surface area contributed by atoms with Crippen molar-refractivity contribution in [2.24, 2.45) is 5.92 Å². The Hall–Kier alpha value is -1.59. The summed E-state index contributed by atoms with van der Waals surface area (Å²) >= 11 is 0. The van der Waals surface area contributed by atoms with Crippen LogP contribution in [0.4, 0.5) is 0 Å². The van der Waals surface area contributed by atoms with Gasteiger partial charge in [0.2, 0.25) is 5.91 Å². The van der Waals surface area contributed by atoms with Gasteiger partial charge in [0, 0.05) is 25.1 Å². The largest absolute Gasteiger partial charge is 0.356 e. The normalized spacial score (nSPS) is 17.0. The van der Waals surface area contributed by atoms with Gasteiger partial charge in [-0.3, -0.25) is 9.59 Å². The smallest absolute Gasteiger partial charge is 0.251 e. The topological polar surface area (TPSA) is 70.2 Å². The number of amides is 2. The van der Waals surface area contributed by atoms with Crippen molar-refractivity contribution in [1.82, 2.24) is 16.0 Å². The number of piperidine rings is 1. The monoisotopic (exact) mass is 339 g/mol. The van der Waals surface area contributed by atoms with Crippen LogP contribution in [-0.2, 0) is 4.79 Å². The summed E-state index contributed by atoms with van der Waals surface area (Å²) in [5.41, 5.74) is 0.650. The molecule has 1 aromatic rings. The molecule has 0 bridgehead atoms. The molecule has 1 saturated heterocycles. The lowest BCUT2D eigenvalue weighted by Gasteiger charge is -2.22. The second-order valence-electron chi connectivity index (χ2n) is 5.74. The summed E-state index contributed by atoms with van der Waals surface area (Å²) in [5.74, 6) is 0.532. The standard InChI is InChI=1S/C17H25N3O2.ClH/c21-16(20-13-14-6-4-10-18-12-14)9-5-11-19-17(22)15-7-2-1-3-8-15;/h1-3,7-8,14,18H,4-6,9-13H2,(H,19,22)(H,20,21);1H. The van der Waals surface area contributed by atoms with Gasteiger partial charge in [-0.25, -0.2) is 0 Å². The van der Waals surface area contributed by atoms with Crippen LogP contribution in [0.5, 0.6) is 0 Å². The van der Waals surface area contributed by atoms with Crippen LogP contribution in [0.25, 0.3) is 0 Å². The Morgan fingerprint density at radius 2 is 1.96 bits per heavy atom. The summed E-state index contributed by atoms with van der Waals surface area (Å²) < 4.78 is 0. The average Bonchev–Trinajstić information content (AvgIpc) is 2.58. The Balaban J connectivity index is 0.00000264. The third-order valence-electron chi connectivity index (χ3n) is 3.89. The maximum Gasteiger partial charge on any atom is 0.251 e. The maximum absolute atomic E-state index is 11.8. The van der Waals surface area contributed by atoms with Crippen molar-refractivity contribution in [3.8, 4) is 0 Å². The van der Waals surface area contributed by atoms with E-state index in [1.165, 1.54) is 12.8 Å². The van der Waals surface area contributed by atoms with Crippen molar-refractivity contribution in [1.29, 1.82) is 0 Å². The summed E-state index contributed by atoms with van der Waals surface area (Å²) in [6.07, 6.45) is 3.48. The minimum atomic E-state index is -0.0886. The quantitative estimate of drug-likeness (QED) is 0.663. The van der Waals surface area contributed by atoms with Crippen LogP contribution < -0.4 is 16.0 Å². The highest BCUT2D eigenvalue weighted by atomic mass is 35.5. The molecular formula is C17H26ClN3O2. The molecule has 5 nitrogen and oxygen atoms in total. The van der Waals surface area contributed by atoms with E-state index >= 15 is 0 Å². The van der Waals surface area contributed by atoms with E-state index in [9.17, 15) is 9.59 Å². The Kier molecular flexibility index (Phi) is 9.33. The molecule has 23 heavy (non-hydrogen) atoms. The molecule has 1 unspecified atom stereocenters. The molecule has 1 aromatic carbocycles. The van der Waals surface area contributed by atoms with E-state index in [0.717, 1.165) is 19.6 Å². The zero-order valence-electron chi connectivity index (χ0n) is 13.3. The molecule has 0 spiro atoms. The van der Waals surface area contributed by atoms with Crippen LogP contribution in [0.2, 0.25) is 0 Å². The average molecular weight is 340 g/mol. The third kappa shape index (κ3) is 7.48. The van der Waals surface area contributed by atoms with Crippen molar-refractivity contribution in [3.63, 3.8) is 0 Å². The molecule has 1 heterocycles. The van der Waals surface area contributed by atoms with Crippen molar-refractivity contribution >= 4 is 24.2 Å². The van der Waals surface area contributed by atoms with Gasteiger partial charge in [0.15, 0.2) is 0 Å². The number of carbonyl (C=O) groups excluding carboxylic acids is 2. The summed E-state index contributed by atoms with van der Waals surface area (Å²) in [6.45, 7) is 3.35. The fraction of sp³-hybridized carbons (Fsp3) is 0.529. The lowest BCUT2D eigenvalue weighted by Crippen LogP contribution is -2.38. The zero-order chi connectivity index (χ0) is 15.6. The van der Waals surface area contributed by atoms with E-state index < -0.39 is 0 Å². The Bertz CT molecular complexity index is 476. The number of hydrogen-bond acceptors (Lipinski definition) is 3. The lowest BCUT2D eigenvalue weighted by atomic mass is 10.00. The molecule has 0 aromatic heterocycles. The van der Waals surface area contributed by atoms with E-state index in [2.05, 4.69) is 16.0 Å². The van der Waals surface area contributed by atoms with E-state index in [-0.39, 0.29) is 24.2 Å². The predicted octanol–water partition coefficient (Wildman–Crippen LogP) is 1.73. The van der Waals surface area contributed by atoms with Crippen LogP contribution in [-0.4, -0.2) is 38.0 Å². The van der Waals surface area contributed by atoms with Gasteiger partial charge in [-0.05, 0) is 50.4 Å². The Labute approximate surface area is 144 Å². The van der Waals surface area contributed by atoms with Gasteiger partial charge >= 0.3 is 0 Å². The van der Waals surface area contributed by atoms with Gasteiger partial charge in [0.25, 0.3) is 5.91 Å². The fourth-order valence-corrected chi connectivity index (χ4v) is 2.59. The molecule has 1 fully saturated rings. The van der Waals surface area contributed by atoms with Gasteiger partial charge in [-0.1, -0.05) is 18.2 Å². The van der Waals surface area contributed by atoms with Crippen molar-refractivity contribution < 1.29 is 9.59 Å². The first kappa shape index (κ1) is 19.5. The van der Waals surface area contributed by atoms with Crippen LogP contribution >= 0.6 is 12.4 Å².